The molecular formula is C23H29F3IN3O2. The molecule has 1 aliphatic rings. The molecule has 9 heteroatoms. The molecule has 1 aliphatic heterocycles. The van der Waals surface area contributed by atoms with E-state index in [-0.39, 0.29) is 24.0 Å². The van der Waals surface area contributed by atoms with E-state index in [0.717, 1.165) is 17.4 Å². The third kappa shape index (κ3) is 6.50. The topological polar surface area (TPSA) is 54.9 Å². The van der Waals surface area contributed by atoms with Crippen LogP contribution in [0.15, 0.2) is 53.5 Å². The third-order valence-electron chi connectivity index (χ3n) is 5.71. The monoisotopic (exact) mass is 563 g/mol. The SMILES string of the molecule is CN=C(NCc1ccccc1OC)NCC1(c2cccc(C(F)(F)F)c2)CCOCC1.I. The first-order chi connectivity index (χ1) is 14.9. The molecule has 0 radical (unpaired) electrons. The second-order valence-electron chi connectivity index (χ2n) is 7.56. The van der Waals surface area contributed by atoms with Gasteiger partial charge in [-0.15, -0.1) is 24.0 Å². The molecule has 2 aromatic carbocycles. The van der Waals surface area contributed by atoms with Crippen LogP contribution in [-0.2, 0) is 22.9 Å². The maximum absolute atomic E-state index is 13.3. The minimum absolute atomic E-state index is 0. The number of rotatable bonds is 6. The molecule has 0 atom stereocenters. The zero-order valence-corrected chi connectivity index (χ0v) is 20.5. The molecule has 32 heavy (non-hydrogen) atoms. The van der Waals surface area contributed by atoms with Gasteiger partial charge in [-0.2, -0.15) is 13.2 Å². The molecule has 0 amide bonds. The van der Waals surface area contributed by atoms with Crippen molar-refractivity contribution in [2.24, 2.45) is 4.99 Å². The summed E-state index contributed by atoms with van der Waals surface area (Å²) in [6.07, 6.45) is -3.11. The molecule has 0 aliphatic carbocycles. The lowest BCUT2D eigenvalue weighted by Gasteiger charge is -2.38. The van der Waals surface area contributed by atoms with Crippen LogP contribution in [0, 0.1) is 0 Å². The van der Waals surface area contributed by atoms with E-state index in [2.05, 4.69) is 15.6 Å². The molecule has 2 N–H and O–H groups in total. The van der Waals surface area contributed by atoms with Crippen LogP contribution in [0.1, 0.15) is 29.5 Å². The van der Waals surface area contributed by atoms with Gasteiger partial charge in [0.2, 0.25) is 0 Å². The highest BCUT2D eigenvalue weighted by Crippen LogP contribution is 2.37. The maximum atomic E-state index is 13.3. The van der Waals surface area contributed by atoms with Gasteiger partial charge in [0, 0.05) is 44.3 Å². The Labute approximate surface area is 203 Å². The van der Waals surface area contributed by atoms with Crippen molar-refractivity contribution >= 4 is 29.9 Å². The van der Waals surface area contributed by atoms with Crippen LogP contribution in [0.25, 0.3) is 0 Å². The Morgan fingerprint density at radius 2 is 1.81 bits per heavy atom. The van der Waals surface area contributed by atoms with Crippen molar-refractivity contribution in [1.29, 1.82) is 0 Å². The van der Waals surface area contributed by atoms with Gasteiger partial charge in [0.1, 0.15) is 5.75 Å². The van der Waals surface area contributed by atoms with E-state index in [1.807, 2.05) is 24.3 Å². The van der Waals surface area contributed by atoms with E-state index in [1.54, 1.807) is 20.2 Å². The Kier molecular flexibility index (Phi) is 9.63. The zero-order chi connectivity index (χ0) is 22.3. The predicted molar refractivity (Wildman–Crippen MR) is 130 cm³/mol. The number of guanidine groups is 1. The molecule has 176 valence electrons. The number of nitrogens with one attached hydrogen (secondary N) is 2. The minimum atomic E-state index is -4.37. The smallest absolute Gasteiger partial charge is 0.416 e. The van der Waals surface area contributed by atoms with Gasteiger partial charge in [0.05, 0.1) is 12.7 Å². The summed E-state index contributed by atoms with van der Waals surface area (Å²) in [6, 6.07) is 13.3. The quantitative estimate of drug-likeness (QED) is 0.303. The average molecular weight is 563 g/mol. The van der Waals surface area contributed by atoms with Gasteiger partial charge in [-0.05, 0) is 30.5 Å². The Bertz CT molecular complexity index is 900. The molecule has 1 heterocycles. The molecular weight excluding hydrogens is 534 g/mol. The van der Waals surface area contributed by atoms with Crippen LogP contribution in [0.3, 0.4) is 0 Å². The number of alkyl halides is 3. The van der Waals surface area contributed by atoms with Gasteiger partial charge in [-0.25, -0.2) is 0 Å². The van der Waals surface area contributed by atoms with Crippen LogP contribution in [0.4, 0.5) is 13.2 Å². The highest BCUT2D eigenvalue weighted by atomic mass is 127. The van der Waals surface area contributed by atoms with E-state index in [9.17, 15) is 13.2 Å². The Hall–Kier alpha value is -2.01. The zero-order valence-electron chi connectivity index (χ0n) is 18.2. The lowest BCUT2D eigenvalue weighted by Crippen LogP contribution is -2.48. The number of para-hydroxylation sites is 1. The molecule has 0 unspecified atom stereocenters. The van der Waals surface area contributed by atoms with E-state index in [1.165, 1.54) is 12.1 Å². The summed E-state index contributed by atoms with van der Waals surface area (Å²) in [4.78, 5) is 4.27. The first kappa shape index (κ1) is 26.2. The average Bonchev–Trinajstić information content (AvgIpc) is 2.79. The van der Waals surface area contributed by atoms with Gasteiger partial charge in [0.25, 0.3) is 0 Å². The van der Waals surface area contributed by atoms with Crippen LogP contribution < -0.4 is 15.4 Å². The second-order valence-corrected chi connectivity index (χ2v) is 7.56. The summed E-state index contributed by atoms with van der Waals surface area (Å²) in [7, 11) is 3.29. The van der Waals surface area contributed by atoms with E-state index >= 15 is 0 Å². The number of aliphatic imine (C=N–C) groups is 1. The van der Waals surface area contributed by atoms with E-state index in [0.29, 0.717) is 50.7 Å². The molecule has 0 bridgehead atoms. The van der Waals surface area contributed by atoms with Crippen LogP contribution in [0.5, 0.6) is 5.75 Å². The standard InChI is InChI=1S/C23H28F3N3O2.HI/c1-27-21(28-15-17-6-3-4-9-20(17)30-2)29-16-22(10-12-31-13-11-22)18-7-5-8-19(14-18)23(24,25)26;/h3-9,14H,10-13,15-16H2,1-2H3,(H2,27,28,29);1H. The first-order valence-electron chi connectivity index (χ1n) is 10.2. The third-order valence-corrected chi connectivity index (χ3v) is 5.71. The summed E-state index contributed by atoms with van der Waals surface area (Å²) in [5.74, 6) is 1.35. The van der Waals surface area contributed by atoms with Crippen molar-refractivity contribution in [1.82, 2.24) is 10.6 Å². The molecule has 3 rings (SSSR count). The number of ether oxygens (including phenoxy) is 2. The van der Waals surface area contributed by atoms with Gasteiger partial charge < -0.3 is 20.1 Å². The molecule has 1 saturated heterocycles. The summed E-state index contributed by atoms with van der Waals surface area (Å²) < 4.78 is 50.7. The van der Waals surface area contributed by atoms with Crippen molar-refractivity contribution in [2.45, 2.75) is 31.0 Å². The van der Waals surface area contributed by atoms with Crippen LogP contribution >= 0.6 is 24.0 Å². The molecule has 0 spiro atoms. The summed E-state index contributed by atoms with van der Waals surface area (Å²) >= 11 is 0. The van der Waals surface area contributed by atoms with E-state index < -0.39 is 17.2 Å². The number of methoxy groups -OCH3 is 1. The second kappa shape index (κ2) is 11.7. The lowest BCUT2D eigenvalue weighted by atomic mass is 9.73. The minimum Gasteiger partial charge on any atom is -0.496 e. The van der Waals surface area contributed by atoms with Crippen LogP contribution in [-0.4, -0.2) is 39.9 Å². The number of halogens is 4. The van der Waals surface area contributed by atoms with Crippen LogP contribution in [0.2, 0.25) is 0 Å². The fourth-order valence-corrected chi connectivity index (χ4v) is 3.86. The van der Waals surface area contributed by atoms with Crippen molar-refractivity contribution in [3.63, 3.8) is 0 Å². The number of nitrogens with zero attached hydrogens (tertiary/aromatic N) is 1. The van der Waals surface area contributed by atoms with Gasteiger partial charge in [-0.1, -0.05) is 36.4 Å². The van der Waals surface area contributed by atoms with Crippen molar-refractivity contribution < 1.29 is 22.6 Å². The number of hydrogen-bond acceptors (Lipinski definition) is 3. The molecule has 1 fully saturated rings. The highest BCUT2D eigenvalue weighted by Gasteiger charge is 2.37. The van der Waals surface area contributed by atoms with Crippen molar-refractivity contribution in [3.8, 4) is 5.75 Å². The largest absolute Gasteiger partial charge is 0.496 e. The molecule has 0 aromatic heterocycles. The summed E-state index contributed by atoms with van der Waals surface area (Å²) in [5.41, 5.74) is 0.543. The molecule has 0 saturated carbocycles. The number of hydrogen-bond donors (Lipinski definition) is 2. The van der Waals surface area contributed by atoms with Gasteiger partial charge in [-0.3, -0.25) is 4.99 Å². The lowest BCUT2D eigenvalue weighted by molar-refractivity contribution is -0.137. The Morgan fingerprint density at radius 3 is 2.47 bits per heavy atom. The summed E-state index contributed by atoms with van der Waals surface area (Å²) in [5, 5.41) is 6.56. The fraction of sp³-hybridized carbons (Fsp3) is 0.435. The molecule has 5 nitrogen and oxygen atoms in total. The van der Waals surface area contributed by atoms with Gasteiger partial charge in [0.15, 0.2) is 5.96 Å². The highest BCUT2D eigenvalue weighted by molar-refractivity contribution is 14.0. The predicted octanol–water partition coefficient (Wildman–Crippen LogP) is 4.75. The van der Waals surface area contributed by atoms with Crippen molar-refractivity contribution in [2.75, 3.05) is 33.9 Å². The van der Waals surface area contributed by atoms with Crippen molar-refractivity contribution in [3.05, 3.63) is 65.2 Å². The van der Waals surface area contributed by atoms with E-state index in [4.69, 9.17) is 9.47 Å². The fourth-order valence-electron chi connectivity index (χ4n) is 3.86. The summed E-state index contributed by atoms with van der Waals surface area (Å²) in [6.45, 7) is 1.96. The number of benzene rings is 2. The normalized spacial score (nSPS) is 16.1. The Balaban J connectivity index is 0.00000363. The Morgan fingerprint density at radius 1 is 1.09 bits per heavy atom. The maximum Gasteiger partial charge on any atom is 0.416 e. The first-order valence-corrected chi connectivity index (χ1v) is 10.2. The van der Waals surface area contributed by atoms with Gasteiger partial charge >= 0.3 is 6.18 Å². The molecule has 2 aromatic rings.